The first-order valence-corrected chi connectivity index (χ1v) is 11.6. The molecule has 0 aliphatic carbocycles. The molecule has 182 valence electrons. The van der Waals surface area contributed by atoms with Crippen molar-refractivity contribution < 1.29 is 19.4 Å². The fourth-order valence-corrected chi connectivity index (χ4v) is 4.05. The van der Waals surface area contributed by atoms with Crippen LogP contribution in [0.3, 0.4) is 0 Å². The van der Waals surface area contributed by atoms with E-state index in [-0.39, 0.29) is 23.0 Å². The average Bonchev–Trinajstić information content (AvgIpc) is 2.88. The number of anilines is 2. The summed E-state index contributed by atoms with van der Waals surface area (Å²) in [6, 6.07) is 24.7. The van der Waals surface area contributed by atoms with Gasteiger partial charge in [-0.3, -0.25) is 9.59 Å². The Morgan fingerprint density at radius 2 is 1.64 bits per heavy atom. The minimum Gasteiger partial charge on any atom is -0.506 e. The number of halogens is 1. The molecule has 0 aliphatic rings. The Morgan fingerprint density at radius 3 is 2.33 bits per heavy atom. The second-order valence-electron chi connectivity index (χ2n) is 8.28. The number of aryl methyl sites for hydroxylation is 1. The van der Waals surface area contributed by atoms with Crippen LogP contribution in [-0.4, -0.2) is 31.1 Å². The number of phenolic OH excluding ortho intramolecular Hbond substituents is 1. The second kappa shape index (κ2) is 10.5. The number of methoxy groups -OCH3 is 1. The van der Waals surface area contributed by atoms with Gasteiger partial charge in [0.1, 0.15) is 11.5 Å². The minimum atomic E-state index is -0.396. The number of nitrogens with one attached hydrogen (secondary N) is 1. The summed E-state index contributed by atoms with van der Waals surface area (Å²) in [5.74, 6) is -0.513. The van der Waals surface area contributed by atoms with Crippen LogP contribution in [0.15, 0.2) is 84.9 Å². The van der Waals surface area contributed by atoms with Crippen LogP contribution in [0, 0.1) is 6.92 Å². The summed E-state index contributed by atoms with van der Waals surface area (Å²) in [5.41, 5.74) is 4.47. The Kier molecular flexibility index (Phi) is 7.27. The van der Waals surface area contributed by atoms with E-state index in [1.165, 1.54) is 18.1 Å². The molecule has 0 bridgehead atoms. The van der Waals surface area contributed by atoms with Gasteiger partial charge in [0.2, 0.25) is 0 Å². The Labute approximate surface area is 214 Å². The van der Waals surface area contributed by atoms with Crippen molar-refractivity contribution in [3.8, 4) is 22.6 Å². The van der Waals surface area contributed by atoms with E-state index in [1.54, 1.807) is 43.4 Å². The van der Waals surface area contributed by atoms with Gasteiger partial charge in [0.05, 0.1) is 18.4 Å². The Hall–Kier alpha value is -4.29. The SMILES string of the molecule is COc1cc(NC(=O)c2ccccc2-c2ccc(C)cc2)ccc1C(=O)N(C)c1ccc(Cl)cc1O. The van der Waals surface area contributed by atoms with E-state index >= 15 is 0 Å². The Bertz CT molecular complexity index is 1430. The van der Waals surface area contributed by atoms with Crippen molar-refractivity contribution in [2.45, 2.75) is 6.92 Å². The normalized spacial score (nSPS) is 10.6. The van der Waals surface area contributed by atoms with E-state index in [2.05, 4.69) is 5.32 Å². The molecule has 4 aromatic rings. The molecule has 6 nitrogen and oxygen atoms in total. The number of nitrogens with zero attached hydrogens (tertiary/aromatic N) is 1. The molecular weight excluding hydrogens is 476 g/mol. The largest absolute Gasteiger partial charge is 0.506 e. The Balaban J connectivity index is 1.59. The van der Waals surface area contributed by atoms with Crippen LogP contribution < -0.4 is 15.0 Å². The van der Waals surface area contributed by atoms with Crippen molar-refractivity contribution in [2.24, 2.45) is 0 Å². The highest BCUT2D eigenvalue weighted by Gasteiger charge is 2.21. The molecule has 0 aliphatic heterocycles. The standard InChI is InChI=1S/C29H25ClN2O4/c1-18-8-10-19(11-9-18)22-6-4-5-7-23(22)28(34)31-21-13-14-24(27(17-21)36-3)29(35)32(2)25-15-12-20(30)16-26(25)33/h4-17,33H,1-3H3,(H,31,34). The predicted molar refractivity (Wildman–Crippen MR) is 143 cm³/mol. The van der Waals surface area contributed by atoms with E-state index in [0.29, 0.717) is 22.0 Å². The van der Waals surface area contributed by atoms with Gasteiger partial charge in [-0.25, -0.2) is 0 Å². The van der Waals surface area contributed by atoms with Crippen molar-refractivity contribution in [1.82, 2.24) is 0 Å². The van der Waals surface area contributed by atoms with Crippen molar-refractivity contribution >= 4 is 34.8 Å². The number of hydrogen-bond donors (Lipinski definition) is 2. The molecule has 2 N–H and O–H groups in total. The number of benzene rings is 4. The van der Waals surface area contributed by atoms with Crippen molar-refractivity contribution in [2.75, 3.05) is 24.4 Å². The van der Waals surface area contributed by atoms with Gasteiger partial charge in [-0.1, -0.05) is 59.6 Å². The molecule has 0 saturated heterocycles. The van der Waals surface area contributed by atoms with E-state index in [4.69, 9.17) is 16.3 Å². The first kappa shape index (κ1) is 24.8. The molecule has 0 aromatic heterocycles. The van der Waals surface area contributed by atoms with Crippen LogP contribution in [0.4, 0.5) is 11.4 Å². The van der Waals surface area contributed by atoms with E-state index in [1.807, 2.05) is 49.4 Å². The average molecular weight is 501 g/mol. The number of carbonyl (C=O) groups excluding carboxylic acids is 2. The highest BCUT2D eigenvalue weighted by atomic mass is 35.5. The van der Waals surface area contributed by atoms with Crippen molar-refractivity contribution in [3.63, 3.8) is 0 Å². The number of amides is 2. The van der Waals surface area contributed by atoms with Gasteiger partial charge in [0.25, 0.3) is 11.8 Å². The van der Waals surface area contributed by atoms with Crippen LogP contribution in [0.2, 0.25) is 5.02 Å². The third-order valence-corrected chi connectivity index (χ3v) is 6.06. The molecule has 0 atom stereocenters. The third-order valence-electron chi connectivity index (χ3n) is 5.83. The lowest BCUT2D eigenvalue weighted by atomic mass is 9.98. The number of carbonyl (C=O) groups is 2. The molecule has 0 heterocycles. The highest BCUT2D eigenvalue weighted by Crippen LogP contribution is 2.32. The van der Waals surface area contributed by atoms with E-state index in [9.17, 15) is 14.7 Å². The topological polar surface area (TPSA) is 78.9 Å². The molecule has 4 rings (SSSR count). The number of aromatic hydroxyl groups is 1. The smallest absolute Gasteiger partial charge is 0.261 e. The van der Waals surface area contributed by atoms with Gasteiger partial charge in [0.15, 0.2) is 0 Å². The lowest BCUT2D eigenvalue weighted by Gasteiger charge is -2.20. The van der Waals surface area contributed by atoms with Gasteiger partial charge in [-0.2, -0.15) is 0 Å². The summed E-state index contributed by atoms with van der Waals surface area (Å²) in [5, 5.41) is 13.5. The number of ether oxygens (including phenoxy) is 1. The predicted octanol–water partition coefficient (Wildman–Crippen LogP) is 6.56. The maximum absolute atomic E-state index is 13.2. The lowest BCUT2D eigenvalue weighted by Crippen LogP contribution is -2.26. The second-order valence-corrected chi connectivity index (χ2v) is 8.71. The Morgan fingerprint density at radius 1 is 0.917 bits per heavy atom. The summed E-state index contributed by atoms with van der Waals surface area (Å²) < 4.78 is 5.45. The zero-order chi connectivity index (χ0) is 25.8. The summed E-state index contributed by atoms with van der Waals surface area (Å²) in [6.07, 6.45) is 0. The monoisotopic (exact) mass is 500 g/mol. The van der Waals surface area contributed by atoms with Crippen LogP contribution in [0.1, 0.15) is 26.3 Å². The molecule has 0 radical (unpaired) electrons. The molecule has 0 saturated carbocycles. The molecule has 2 amide bonds. The van der Waals surface area contributed by atoms with Gasteiger partial charge < -0.3 is 20.1 Å². The molecule has 0 spiro atoms. The fourth-order valence-electron chi connectivity index (χ4n) is 3.88. The van der Waals surface area contributed by atoms with Crippen LogP contribution in [0.5, 0.6) is 11.5 Å². The summed E-state index contributed by atoms with van der Waals surface area (Å²) in [4.78, 5) is 27.6. The fraction of sp³-hybridized carbons (Fsp3) is 0.103. The molecule has 4 aromatic carbocycles. The maximum Gasteiger partial charge on any atom is 0.261 e. The molecular formula is C29H25ClN2O4. The zero-order valence-corrected chi connectivity index (χ0v) is 20.8. The van der Waals surface area contributed by atoms with Crippen LogP contribution >= 0.6 is 11.6 Å². The van der Waals surface area contributed by atoms with Crippen molar-refractivity contribution in [1.29, 1.82) is 0 Å². The zero-order valence-electron chi connectivity index (χ0n) is 20.1. The first-order chi connectivity index (χ1) is 17.3. The number of rotatable bonds is 6. The van der Waals surface area contributed by atoms with Crippen molar-refractivity contribution in [3.05, 3.63) is 107 Å². The molecule has 7 heteroatoms. The molecule has 0 fully saturated rings. The lowest BCUT2D eigenvalue weighted by molar-refractivity contribution is 0.0988. The third kappa shape index (κ3) is 5.19. The summed E-state index contributed by atoms with van der Waals surface area (Å²) in [6.45, 7) is 2.01. The van der Waals surface area contributed by atoms with Crippen LogP contribution in [-0.2, 0) is 0 Å². The van der Waals surface area contributed by atoms with E-state index in [0.717, 1.165) is 16.7 Å². The van der Waals surface area contributed by atoms with Gasteiger partial charge in [-0.05, 0) is 48.4 Å². The molecule has 0 unspecified atom stereocenters. The van der Waals surface area contributed by atoms with E-state index < -0.39 is 5.91 Å². The van der Waals surface area contributed by atoms with Gasteiger partial charge in [0, 0.05) is 35.5 Å². The van der Waals surface area contributed by atoms with Gasteiger partial charge in [-0.15, -0.1) is 0 Å². The maximum atomic E-state index is 13.2. The molecule has 36 heavy (non-hydrogen) atoms. The number of phenols is 1. The summed E-state index contributed by atoms with van der Waals surface area (Å²) >= 11 is 5.90. The number of hydrogen-bond acceptors (Lipinski definition) is 4. The van der Waals surface area contributed by atoms with Crippen LogP contribution in [0.25, 0.3) is 11.1 Å². The quantitative estimate of drug-likeness (QED) is 0.314. The minimum absolute atomic E-state index is 0.117. The van der Waals surface area contributed by atoms with Gasteiger partial charge >= 0.3 is 0 Å². The highest BCUT2D eigenvalue weighted by molar-refractivity contribution is 6.30. The first-order valence-electron chi connectivity index (χ1n) is 11.2. The summed E-state index contributed by atoms with van der Waals surface area (Å²) in [7, 11) is 2.99.